The quantitative estimate of drug-likeness (QED) is 0.414. The Kier molecular flexibility index (Phi) is 4.04. The molecule has 4 N–H and O–H groups in total. The summed E-state index contributed by atoms with van der Waals surface area (Å²) in [4.78, 5) is 69.5. The summed E-state index contributed by atoms with van der Waals surface area (Å²) in [6.07, 6.45) is -2.24. The molecule has 2 aromatic carbocycles. The van der Waals surface area contributed by atoms with E-state index in [0.29, 0.717) is 11.1 Å². The van der Waals surface area contributed by atoms with Crippen LogP contribution < -0.4 is 0 Å². The fourth-order valence-corrected chi connectivity index (χ4v) is 7.67. The second kappa shape index (κ2) is 6.73. The smallest absolute Gasteiger partial charge is 0.194 e. The number of rotatable bonds is 0. The topological polar surface area (TPSA) is 166 Å². The summed E-state index contributed by atoms with van der Waals surface area (Å²) in [5.74, 6) is -9.77. The predicted octanol–water partition coefficient (Wildman–Crippen LogP) is 2.32. The van der Waals surface area contributed by atoms with Gasteiger partial charge in [-0.1, -0.05) is 0 Å². The van der Waals surface area contributed by atoms with E-state index >= 15 is 0 Å². The lowest BCUT2D eigenvalue weighted by Crippen LogP contribution is -2.61. The van der Waals surface area contributed by atoms with Gasteiger partial charge in [-0.15, -0.1) is 0 Å². The molecule has 1 spiro atoms. The molecule has 5 aliphatic carbocycles. The Hall–Kier alpha value is -4.37. The normalized spacial score (nSPS) is 30.9. The molecule has 0 aliphatic heterocycles. The SMILES string of the molecule is Cc1cc(O)c2c(c1)C(=O)C1=C(C2=O)[C@H]2C(=O)C3=C(O)c4c(O)cc(C)cc4C(=O)[C@@]34CC(=O)C1C4[C@H]2O. The number of phenols is 2. The van der Waals surface area contributed by atoms with Crippen molar-refractivity contribution in [2.45, 2.75) is 26.4 Å². The van der Waals surface area contributed by atoms with Gasteiger partial charge >= 0.3 is 0 Å². The molecular formula is C29H20O9. The molecule has 5 aliphatic rings. The van der Waals surface area contributed by atoms with Crippen molar-refractivity contribution in [2.75, 3.05) is 0 Å². The van der Waals surface area contributed by atoms with E-state index in [2.05, 4.69) is 0 Å². The molecule has 9 nitrogen and oxygen atoms in total. The van der Waals surface area contributed by atoms with Crippen molar-refractivity contribution in [1.82, 2.24) is 0 Å². The maximum absolute atomic E-state index is 14.1. The standard InChI is InChI=1S/C29H20O9/c1-8-3-10-15(12(30)5-8)24(34)19-18(23(10)33)17-14(32)7-29-21(17)26(36)20(19)27(37)22(29)25(35)16-11(28(29)38)4-9(2)6-13(16)31/h3-6,17,20-21,26,30-31,35-36H,7H2,1-2H3/t17?,20-,21?,26+,29-/m1/s1. The van der Waals surface area contributed by atoms with Crippen LogP contribution in [0.25, 0.3) is 5.76 Å². The number of allylic oxidation sites excluding steroid dienone is 2. The Balaban J connectivity index is 1.58. The minimum absolute atomic E-state index is 0.0904. The first kappa shape index (κ1) is 22.8. The van der Waals surface area contributed by atoms with Crippen LogP contribution in [0.5, 0.6) is 11.5 Å². The number of hydrogen-bond acceptors (Lipinski definition) is 9. The highest BCUT2D eigenvalue weighted by Gasteiger charge is 2.74. The van der Waals surface area contributed by atoms with Crippen LogP contribution in [0, 0.1) is 37.0 Å². The van der Waals surface area contributed by atoms with Gasteiger partial charge in [0.15, 0.2) is 23.1 Å². The highest BCUT2D eigenvalue weighted by Crippen LogP contribution is 2.67. The molecule has 7 rings (SSSR count). The Bertz CT molecular complexity index is 1720. The number of Topliss-reactive ketones (excluding diaryl/α,β-unsaturated/α-hetero) is 5. The van der Waals surface area contributed by atoms with Gasteiger partial charge in [0.1, 0.15) is 23.0 Å². The number of hydrogen-bond donors (Lipinski definition) is 4. The van der Waals surface area contributed by atoms with E-state index in [4.69, 9.17) is 0 Å². The summed E-state index contributed by atoms with van der Waals surface area (Å²) in [7, 11) is 0. The van der Waals surface area contributed by atoms with E-state index in [0.717, 1.165) is 0 Å². The van der Waals surface area contributed by atoms with Crippen molar-refractivity contribution in [3.8, 4) is 11.5 Å². The van der Waals surface area contributed by atoms with Crippen molar-refractivity contribution in [3.63, 3.8) is 0 Å². The fourth-order valence-electron chi connectivity index (χ4n) is 7.67. The highest BCUT2D eigenvalue weighted by atomic mass is 16.3. The maximum Gasteiger partial charge on any atom is 0.194 e. The maximum atomic E-state index is 14.1. The molecular weight excluding hydrogens is 492 g/mol. The van der Waals surface area contributed by atoms with Gasteiger partial charge in [0.05, 0.1) is 40.1 Å². The second-order valence-electron chi connectivity index (χ2n) is 10.9. The van der Waals surface area contributed by atoms with Crippen LogP contribution >= 0.6 is 0 Å². The summed E-state index contributed by atoms with van der Waals surface area (Å²) in [6, 6.07) is 5.46. The van der Waals surface area contributed by atoms with E-state index in [9.17, 15) is 44.4 Å². The third-order valence-electron chi connectivity index (χ3n) is 8.93. The van der Waals surface area contributed by atoms with E-state index < -0.39 is 93.0 Å². The Morgan fingerprint density at radius 3 is 2.00 bits per heavy atom. The zero-order valence-electron chi connectivity index (χ0n) is 20.2. The molecule has 190 valence electrons. The Labute approximate surface area is 214 Å². The molecule has 0 radical (unpaired) electrons. The molecule has 2 saturated carbocycles. The first-order chi connectivity index (χ1) is 17.9. The largest absolute Gasteiger partial charge is 0.507 e. The molecule has 0 saturated heterocycles. The molecule has 2 fully saturated rings. The van der Waals surface area contributed by atoms with Gasteiger partial charge in [0.2, 0.25) is 0 Å². The van der Waals surface area contributed by atoms with Crippen molar-refractivity contribution < 1.29 is 44.4 Å². The summed E-state index contributed by atoms with van der Waals surface area (Å²) < 4.78 is 0. The third kappa shape index (κ3) is 2.26. The van der Waals surface area contributed by atoms with Gasteiger partial charge in [-0.2, -0.15) is 0 Å². The second-order valence-corrected chi connectivity index (χ2v) is 10.9. The van der Waals surface area contributed by atoms with Crippen LogP contribution in [-0.2, 0) is 9.59 Å². The molecule has 38 heavy (non-hydrogen) atoms. The number of aromatic hydroxyl groups is 2. The first-order valence-corrected chi connectivity index (χ1v) is 12.2. The van der Waals surface area contributed by atoms with Crippen LogP contribution in [0.4, 0.5) is 0 Å². The molecule has 5 atom stereocenters. The molecule has 0 amide bonds. The summed E-state index contributed by atoms with van der Waals surface area (Å²) in [5.41, 5.74) is -2.79. The monoisotopic (exact) mass is 512 g/mol. The van der Waals surface area contributed by atoms with Gasteiger partial charge in [-0.25, -0.2) is 0 Å². The van der Waals surface area contributed by atoms with Crippen molar-refractivity contribution in [3.05, 3.63) is 74.4 Å². The van der Waals surface area contributed by atoms with Crippen LogP contribution in [0.3, 0.4) is 0 Å². The average molecular weight is 512 g/mol. The van der Waals surface area contributed by atoms with Gasteiger partial charge < -0.3 is 20.4 Å². The van der Waals surface area contributed by atoms with Gasteiger partial charge in [0, 0.05) is 34.6 Å². The van der Waals surface area contributed by atoms with Crippen molar-refractivity contribution in [2.24, 2.45) is 23.2 Å². The van der Waals surface area contributed by atoms with Crippen molar-refractivity contribution >= 4 is 34.7 Å². The van der Waals surface area contributed by atoms with E-state index in [-0.39, 0.29) is 27.8 Å². The number of phenolic OH excluding ortho intramolecular Hbond substituents is 2. The number of carbonyl (C=O) groups excluding carboxylic acids is 5. The number of carbonyl (C=O) groups is 5. The molecule has 0 aromatic heterocycles. The summed E-state index contributed by atoms with van der Waals surface area (Å²) in [5, 5.41) is 44.0. The summed E-state index contributed by atoms with van der Waals surface area (Å²) in [6.45, 7) is 3.25. The van der Waals surface area contributed by atoms with Crippen LogP contribution in [0.15, 0.2) is 41.0 Å². The lowest BCUT2D eigenvalue weighted by atomic mass is 9.48. The van der Waals surface area contributed by atoms with E-state index in [1.165, 1.54) is 24.3 Å². The molecule has 9 heteroatoms. The number of aliphatic hydroxyl groups excluding tert-OH is 2. The minimum Gasteiger partial charge on any atom is -0.507 e. The average Bonchev–Trinajstić information content (AvgIpc) is 3.14. The number of ketones is 5. The molecule has 2 unspecified atom stereocenters. The zero-order chi connectivity index (χ0) is 27.2. The zero-order valence-corrected chi connectivity index (χ0v) is 20.2. The molecule has 2 aromatic rings. The van der Waals surface area contributed by atoms with Crippen LogP contribution in [0.2, 0.25) is 0 Å². The number of aliphatic hydroxyl groups is 2. The third-order valence-corrected chi connectivity index (χ3v) is 8.93. The number of aryl methyl sites for hydroxylation is 2. The molecule has 2 bridgehead atoms. The minimum atomic E-state index is -1.96. The van der Waals surface area contributed by atoms with Gasteiger partial charge in [-0.3, -0.25) is 24.0 Å². The van der Waals surface area contributed by atoms with Gasteiger partial charge in [-0.05, 0) is 49.2 Å². The van der Waals surface area contributed by atoms with Gasteiger partial charge in [0.25, 0.3) is 0 Å². The lowest BCUT2D eigenvalue weighted by molar-refractivity contribution is -0.131. The number of benzene rings is 2. The van der Waals surface area contributed by atoms with Crippen molar-refractivity contribution in [1.29, 1.82) is 0 Å². The predicted molar refractivity (Wildman–Crippen MR) is 129 cm³/mol. The highest BCUT2D eigenvalue weighted by molar-refractivity contribution is 6.34. The van der Waals surface area contributed by atoms with Crippen LogP contribution in [0.1, 0.15) is 54.2 Å². The van der Waals surface area contributed by atoms with E-state index in [1.54, 1.807) is 13.8 Å². The van der Waals surface area contributed by atoms with E-state index in [1.807, 2.05) is 0 Å². The lowest BCUT2D eigenvalue weighted by Gasteiger charge is -2.52. The fraction of sp³-hybridized carbons (Fsp3) is 0.276. The summed E-state index contributed by atoms with van der Waals surface area (Å²) >= 11 is 0. The number of fused-ring (bicyclic) bond motifs is 5. The first-order valence-electron chi connectivity index (χ1n) is 12.2. The molecule has 0 heterocycles. The Morgan fingerprint density at radius 1 is 0.763 bits per heavy atom. The van der Waals surface area contributed by atoms with Crippen LogP contribution in [-0.4, -0.2) is 55.4 Å². The Morgan fingerprint density at radius 2 is 1.34 bits per heavy atom.